The van der Waals surface area contributed by atoms with Gasteiger partial charge in [0.1, 0.15) is 12.4 Å². The minimum Gasteiger partial charge on any atom is -0.372 e. The smallest absolute Gasteiger partial charge is 0.274 e. The molecule has 0 N–H and O–H groups in total. The summed E-state index contributed by atoms with van der Waals surface area (Å²) >= 11 is 3.52. The molecule has 0 bridgehead atoms. The van der Waals surface area contributed by atoms with Gasteiger partial charge < -0.3 is 9.64 Å². The molecule has 3 heterocycles. The number of halogens is 1. The number of aromatic nitrogens is 4. The largest absolute Gasteiger partial charge is 0.372 e. The summed E-state index contributed by atoms with van der Waals surface area (Å²) in [5.41, 5.74) is 2.43. The average Bonchev–Trinajstić information content (AvgIpc) is 3.07. The third kappa shape index (κ3) is 3.39. The lowest BCUT2D eigenvalue weighted by atomic mass is 10.2. The van der Waals surface area contributed by atoms with E-state index >= 15 is 0 Å². The lowest BCUT2D eigenvalue weighted by Crippen LogP contribution is -2.48. The molecule has 0 aliphatic carbocycles. The zero-order valence-electron chi connectivity index (χ0n) is 14.4. The quantitative estimate of drug-likeness (QED) is 0.798. The molecule has 1 fully saturated rings. The maximum absolute atomic E-state index is 12.6. The summed E-state index contributed by atoms with van der Waals surface area (Å²) in [6.07, 6.45) is 1.91. The second kappa shape index (κ2) is 6.68. The molecule has 2 aromatic rings. The Kier molecular flexibility index (Phi) is 4.78. The number of morpholine rings is 1. The molecular formula is C16H22BrN5O2. The van der Waals surface area contributed by atoms with Gasteiger partial charge in [0.05, 0.1) is 28.1 Å². The highest BCUT2D eigenvalue weighted by Gasteiger charge is 2.27. The van der Waals surface area contributed by atoms with Crippen LogP contribution in [0.3, 0.4) is 0 Å². The number of rotatable bonds is 3. The van der Waals surface area contributed by atoms with Crippen molar-refractivity contribution < 1.29 is 9.53 Å². The maximum atomic E-state index is 12.6. The number of nitrogens with zero attached hydrogens (tertiary/aromatic N) is 5. The predicted octanol–water partition coefficient (Wildman–Crippen LogP) is 2.21. The first-order valence-corrected chi connectivity index (χ1v) is 8.82. The molecule has 1 aliphatic rings. The summed E-state index contributed by atoms with van der Waals surface area (Å²) in [5, 5.41) is 8.89. The number of amides is 1. The molecule has 0 aromatic carbocycles. The van der Waals surface area contributed by atoms with E-state index in [0.717, 1.165) is 15.9 Å². The first-order valence-electron chi connectivity index (χ1n) is 8.03. The van der Waals surface area contributed by atoms with E-state index in [2.05, 4.69) is 26.1 Å². The highest BCUT2D eigenvalue weighted by molar-refractivity contribution is 9.10. The normalized spacial score (nSPS) is 21.3. The Labute approximate surface area is 149 Å². The average molecular weight is 396 g/mol. The number of aryl methyl sites for hydroxylation is 1. The Hall–Kier alpha value is -1.67. The molecule has 8 heteroatoms. The summed E-state index contributed by atoms with van der Waals surface area (Å²) in [4.78, 5) is 14.5. The number of hydrogen-bond donors (Lipinski definition) is 0. The molecule has 2 aromatic heterocycles. The molecule has 24 heavy (non-hydrogen) atoms. The standard InChI is InChI=1S/C16H22BrN5O2/c1-10-7-20(8-11(2)24-10)16(23)14-5-6-21(19-14)9-22-13(4)15(17)12(3)18-22/h5-6,10-11H,7-9H2,1-4H3/t10-,11-/m1/s1. The SMILES string of the molecule is Cc1nn(Cn2ccc(C(=O)N3C[C@@H](C)O[C@H](C)C3)n2)c(C)c1Br. The Bertz CT molecular complexity index is 744. The summed E-state index contributed by atoms with van der Waals surface area (Å²) < 4.78 is 10.3. The van der Waals surface area contributed by atoms with Crippen molar-refractivity contribution in [2.24, 2.45) is 0 Å². The van der Waals surface area contributed by atoms with Crippen molar-refractivity contribution in [3.8, 4) is 0 Å². The van der Waals surface area contributed by atoms with Crippen LogP contribution in [0, 0.1) is 13.8 Å². The van der Waals surface area contributed by atoms with Crippen LogP contribution in [0.4, 0.5) is 0 Å². The van der Waals surface area contributed by atoms with Crippen LogP contribution in [0.25, 0.3) is 0 Å². The van der Waals surface area contributed by atoms with Gasteiger partial charge >= 0.3 is 0 Å². The maximum Gasteiger partial charge on any atom is 0.274 e. The molecule has 0 spiro atoms. The van der Waals surface area contributed by atoms with E-state index in [1.807, 2.05) is 43.5 Å². The first kappa shape index (κ1) is 17.2. The molecule has 0 radical (unpaired) electrons. The fraction of sp³-hybridized carbons (Fsp3) is 0.562. The van der Waals surface area contributed by atoms with Crippen molar-refractivity contribution in [1.29, 1.82) is 0 Å². The second-order valence-corrected chi connectivity index (χ2v) is 7.13. The van der Waals surface area contributed by atoms with E-state index in [4.69, 9.17) is 4.74 Å². The van der Waals surface area contributed by atoms with Crippen LogP contribution in [0.1, 0.15) is 35.7 Å². The van der Waals surface area contributed by atoms with Gasteiger partial charge in [-0.1, -0.05) is 0 Å². The lowest BCUT2D eigenvalue weighted by Gasteiger charge is -2.34. The van der Waals surface area contributed by atoms with Gasteiger partial charge in [-0.25, -0.2) is 4.68 Å². The molecule has 1 saturated heterocycles. The Morgan fingerprint density at radius 1 is 1.29 bits per heavy atom. The topological polar surface area (TPSA) is 65.2 Å². The Morgan fingerprint density at radius 2 is 1.96 bits per heavy atom. The van der Waals surface area contributed by atoms with Crippen molar-refractivity contribution in [2.75, 3.05) is 13.1 Å². The van der Waals surface area contributed by atoms with Crippen LogP contribution in [-0.2, 0) is 11.4 Å². The van der Waals surface area contributed by atoms with E-state index in [-0.39, 0.29) is 18.1 Å². The molecule has 1 amide bonds. The van der Waals surface area contributed by atoms with Crippen molar-refractivity contribution in [3.63, 3.8) is 0 Å². The third-order valence-electron chi connectivity index (χ3n) is 4.14. The molecule has 1 aliphatic heterocycles. The third-order valence-corrected chi connectivity index (χ3v) is 5.29. The van der Waals surface area contributed by atoms with E-state index in [0.29, 0.717) is 25.5 Å². The summed E-state index contributed by atoms with van der Waals surface area (Å²) in [7, 11) is 0. The number of ether oxygens (including phenoxy) is 1. The summed E-state index contributed by atoms with van der Waals surface area (Å²) in [5.74, 6) is -0.0506. The monoisotopic (exact) mass is 395 g/mol. The van der Waals surface area contributed by atoms with Crippen LogP contribution >= 0.6 is 15.9 Å². The summed E-state index contributed by atoms with van der Waals surface area (Å²) in [6, 6.07) is 1.76. The minimum atomic E-state index is -0.0506. The highest BCUT2D eigenvalue weighted by atomic mass is 79.9. The fourth-order valence-electron chi connectivity index (χ4n) is 3.01. The van der Waals surface area contributed by atoms with E-state index in [1.165, 1.54) is 0 Å². The van der Waals surface area contributed by atoms with Crippen LogP contribution in [0.15, 0.2) is 16.7 Å². The van der Waals surface area contributed by atoms with Crippen LogP contribution in [0.2, 0.25) is 0 Å². The number of carbonyl (C=O) groups is 1. The van der Waals surface area contributed by atoms with E-state index in [1.54, 1.807) is 10.7 Å². The van der Waals surface area contributed by atoms with Crippen LogP contribution in [-0.4, -0.2) is 55.7 Å². The van der Waals surface area contributed by atoms with Crippen molar-refractivity contribution >= 4 is 21.8 Å². The zero-order chi connectivity index (χ0) is 17.4. The van der Waals surface area contributed by atoms with Crippen molar-refractivity contribution in [1.82, 2.24) is 24.5 Å². The lowest BCUT2D eigenvalue weighted by molar-refractivity contribution is -0.0587. The van der Waals surface area contributed by atoms with Gasteiger partial charge in [-0.2, -0.15) is 10.2 Å². The molecular weight excluding hydrogens is 374 g/mol. The second-order valence-electron chi connectivity index (χ2n) is 6.33. The molecule has 3 rings (SSSR count). The Morgan fingerprint density at radius 3 is 2.54 bits per heavy atom. The van der Waals surface area contributed by atoms with Gasteiger partial charge in [-0.05, 0) is 49.7 Å². The zero-order valence-corrected chi connectivity index (χ0v) is 15.9. The molecule has 0 saturated carbocycles. The highest BCUT2D eigenvalue weighted by Crippen LogP contribution is 2.20. The van der Waals surface area contributed by atoms with Gasteiger partial charge in [0.25, 0.3) is 5.91 Å². The molecule has 2 atom stereocenters. The van der Waals surface area contributed by atoms with Crippen LogP contribution in [0.5, 0.6) is 0 Å². The number of carbonyl (C=O) groups excluding carboxylic acids is 1. The van der Waals surface area contributed by atoms with Gasteiger partial charge in [-0.3, -0.25) is 9.48 Å². The minimum absolute atomic E-state index is 0.0480. The van der Waals surface area contributed by atoms with Crippen molar-refractivity contribution in [2.45, 2.75) is 46.6 Å². The fourth-order valence-corrected chi connectivity index (χ4v) is 3.29. The van der Waals surface area contributed by atoms with Crippen molar-refractivity contribution in [3.05, 3.63) is 33.8 Å². The molecule has 7 nitrogen and oxygen atoms in total. The van der Waals surface area contributed by atoms with Gasteiger partial charge in [0, 0.05) is 19.3 Å². The first-order chi connectivity index (χ1) is 11.3. The van der Waals surface area contributed by atoms with E-state index in [9.17, 15) is 4.79 Å². The molecule has 0 unspecified atom stereocenters. The van der Waals surface area contributed by atoms with Gasteiger partial charge in [0.2, 0.25) is 0 Å². The summed E-state index contributed by atoms with van der Waals surface area (Å²) in [6.45, 7) is 9.58. The van der Waals surface area contributed by atoms with Gasteiger partial charge in [0.15, 0.2) is 0 Å². The Balaban J connectivity index is 1.73. The van der Waals surface area contributed by atoms with Gasteiger partial charge in [-0.15, -0.1) is 0 Å². The number of hydrogen-bond acceptors (Lipinski definition) is 4. The predicted molar refractivity (Wildman–Crippen MR) is 92.9 cm³/mol. The van der Waals surface area contributed by atoms with E-state index < -0.39 is 0 Å². The molecule has 130 valence electrons. The van der Waals surface area contributed by atoms with Crippen LogP contribution < -0.4 is 0 Å².